The maximum atomic E-state index is 5.54. The fourth-order valence-electron chi connectivity index (χ4n) is 2.34. The zero-order valence-corrected chi connectivity index (χ0v) is 13.4. The molecule has 2 rings (SSSR count). The third-order valence-electron chi connectivity index (χ3n) is 3.57. The molecule has 0 spiro atoms. The highest BCUT2D eigenvalue weighted by Gasteiger charge is 2.27. The smallest absolute Gasteiger partial charge is 0.0659 e. The number of nitrogens with zero attached hydrogens (tertiary/aromatic N) is 2. The second-order valence-electron chi connectivity index (χ2n) is 6.32. The largest absolute Gasteiger partial charge is 0.379 e. The highest BCUT2D eigenvalue weighted by atomic mass is 16.5. The Morgan fingerprint density at radius 3 is 2.70 bits per heavy atom. The quantitative estimate of drug-likeness (QED) is 0.705. The Morgan fingerprint density at radius 1 is 1.35 bits per heavy atom. The van der Waals surface area contributed by atoms with E-state index in [4.69, 9.17) is 9.84 Å². The molecule has 4 nitrogen and oxygen atoms in total. The summed E-state index contributed by atoms with van der Waals surface area (Å²) in [4.78, 5) is 0. The number of ether oxygens (including phenoxy) is 1. The molecule has 0 saturated heterocycles. The number of hydrogen-bond donors (Lipinski definition) is 1. The molecule has 0 unspecified atom stereocenters. The second kappa shape index (κ2) is 7.23. The Balaban J connectivity index is 1.76. The van der Waals surface area contributed by atoms with Gasteiger partial charge in [0.1, 0.15) is 0 Å². The highest BCUT2D eigenvalue weighted by molar-refractivity contribution is 5.19. The second-order valence-corrected chi connectivity index (χ2v) is 6.32. The first-order valence-electron chi connectivity index (χ1n) is 7.98. The van der Waals surface area contributed by atoms with Crippen molar-refractivity contribution in [3.63, 3.8) is 0 Å². The van der Waals surface area contributed by atoms with Crippen molar-refractivity contribution in [2.75, 3.05) is 13.2 Å². The van der Waals surface area contributed by atoms with Gasteiger partial charge in [0, 0.05) is 25.1 Å². The molecule has 1 heterocycles. The van der Waals surface area contributed by atoms with Gasteiger partial charge in [-0.05, 0) is 59.6 Å². The zero-order chi connectivity index (χ0) is 14.5. The van der Waals surface area contributed by atoms with Crippen molar-refractivity contribution in [1.29, 1.82) is 0 Å². The summed E-state index contributed by atoms with van der Waals surface area (Å²) < 4.78 is 7.71. The molecule has 1 saturated carbocycles. The summed E-state index contributed by atoms with van der Waals surface area (Å²) in [7, 11) is 0. The van der Waals surface area contributed by atoms with Crippen molar-refractivity contribution in [1.82, 2.24) is 15.1 Å². The van der Waals surface area contributed by atoms with E-state index >= 15 is 0 Å². The van der Waals surface area contributed by atoms with Crippen LogP contribution >= 0.6 is 0 Å². The molecule has 0 radical (unpaired) electrons. The third kappa shape index (κ3) is 4.60. The van der Waals surface area contributed by atoms with Crippen LogP contribution in [0.4, 0.5) is 0 Å². The first-order valence-corrected chi connectivity index (χ1v) is 7.98. The van der Waals surface area contributed by atoms with Gasteiger partial charge in [-0.2, -0.15) is 5.10 Å². The average molecular weight is 279 g/mol. The lowest BCUT2D eigenvalue weighted by molar-refractivity contribution is 0.0770. The Labute approximate surface area is 122 Å². The summed E-state index contributed by atoms with van der Waals surface area (Å²) in [5.74, 6) is 0.730. The molecule has 1 N–H and O–H groups in total. The van der Waals surface area contributed by atoms with Gasteiger partial charge in [-0.3, -0.25) is 4.68 Å². The first kappa shape index (κ1) is 15.5. The topological polar surface area (TPSA) is 39.1 Å². The molecule has 0 aliphatic heterocycles. The van der Waals surface area contributed by atoms with Crippen LogP contribution in [0.5, 0.6) is 0 Å². The summed E-state index contributed by atoms with van der Waals surface area (Å²) in [6.45, 7) is 11.3. The van der Waals surface area contributed by atoms with E-state index < -0.39 is 0 Å². The van der Waals surface area contributed by atoms with Crippen LogP contribution in [0, 0.1) is 0 Å². The predicted molar refractivity (Wildman–Crippen MR) is 82.0 cm³/mol. The van der Waals surface area contributed by atoms with Gasteiger partial charge in [-0.1, -0.05) is 0 Å². The molecule has 0 bridgehead atoms. The van der Waals surface area contributed by atoms with Crippen molar-refractivity contribution in [3.05, 3.63) is 17.5 Å². The molecular weight excluding hydrogens is 250 g/mol. The summed E-state index contributed by atoms with van der Waals surface area (Å²) >= 11 is 0. The highest BCUT2D eigenvalue weighted by Crippen LogP contribution is 2.39. The van der Waals surface area contributed by atoms with Crippen molar-refractivity contribution in [2.45, 2.75) is 71.6 Å². The maximum absolute atomic E-state index is 5.54. The standard InChI is InChI=1S/C16H29N3O/c1-12(2)19-15(10-16(18-19)14-6-7-14)11-17-8-5-9-20-13(3)4/h10,12-14,17H,5-9,11H2,1-4H3. The number of aromatic nitrogens is 2. The van der Waals surface area contributed by atoms with Gasteiger partial charge in [0.2, 0.25) is 0 Å². The number of nitrogens with one attached hydrogen (secondary N) is 1. The van der Waals surface area contributed by atoms with Crippen LogP contribution in [0.2, 0.25) is 0 Å². The lowest BCUT2D eigenvalue weighted by atomic mass is 10.2. The molecule has 0 atom stereocenters. The molecule has 20 heavy (non-hydrogen) atoms. The monoisotopic (exact) mass is 279 g/mol. The van der Waals surface area contributed by atoms with Crippen LogP contribution in [0.3, 0.4) is 0 Å². The fraction of sp³-hybridized carbons (Fsp3) is 0.812. The molecule has 4 heteroatoms. The lowest BCUT2D eigenvalue weighted by Crippen LogP contribution is -2.20. The van der Waals surface area contributed by atoms with Crippen LogP contribution in [-0.2, 0) is 11.3 Å². The molecule has 1 aromatic rings. The minimum absolute atomic E-state index is 0.332. The van der Waals surface area contributed by atoms with E-state index in [0.717, 1.165) is 32.0 Å². The molecule has 0 amide bonds. The summed E-state index contributed by atoms with van der Waals surface area (Å²) in [5.41, 5.74) is 2.60. The van der Waals surface area contributed by atoms with E-state index in [1.807, 2.05) is 0 Å². The van der Waals surface area contributed by atoms with Gasteiger partial charge in [0.15, 0.2) is 0 Å². The van der Waals surface area contributed by atoms with Gasteiger partial charge in [0.05, 0.1) is 17.5 Å². The van der Waals surface area contributed by atoms with Crippen molar-refractivity contribution < 1.29 is 4.74 Å². The summed E-state index contributed by atoms with van der Waals surface area (Å²) in [6, 6.07) is 2.72. The van der Waals surface area contributed by atoms with Crippen LogP contribution < -0.4 is 5.32 Å². The van der Waals surface area contributed by atoms with Crippen LogP contribution in [0.25, 0.3) is 0 Å². The molecule has 1 aliphatic rings. The van der Waals surface area contributed by atoms with Gasteiger partial charge >= 0.3 is 0 Å². The predicted octanol–water partition coefficient (Wildman–Crippen LogP) is 3.25. The number of rotatable bonds is 9. The Kier molecular flexibility index (Phi) is 5.61. The van der Waals surface area contributed by atoms with E-state index in [1.165, 1.54) is 24.2 Å². The SMILES string of the molecule is CC(C)OCCCNCc1cc(C2CC2)nn1C(C)C. The van der Waals surface area contributed by atoms with E-state index in [-0.39, 0.29) is 0 Å². The first-order chi connectivity index (χ1) is 9.58. The van der Waals surface area contributed by atoms with Crippen molar-refractivity contribution in [2.24, 2.45) is 0 Å². The molecule has 114 valence electrons. The van der Waals surface area contributed by atoms with Crippen LogP contribution in [-0.4, -0.2) is 29.0 Å². The Bertz CT molecular complexity index is 408. The average Bonchev–Trinajstić information content (AvgIpc) is 3.14. The molecule has 1 aromatic heterocycles. The number of hydrogen-bond acceptors (Lipinski definition) is 3. The molecule has 0 aromatic carbocycles. The minimum atomic E-state index is 0.332. The van der Waals surface area contributed by atoms with Crippen molar-refractivity contribution in [3.8, 4) is 0 Å². The summed E-state index contributed by atoms with van der Waals surface area (Å²) in [6.07, 6.45) is 4.02. The third-order valence-corrected chi connectivity index (χ3v) is 3.57. The Morgan fingerprint density at radius 2 is 2.10 bits per heavy atom. The normalized spacial score (nSPS) is 15.5. The Hall–Kier alpha value is -0.870. The zero-order valence-electron chi connectivity index (χ0n) is 13.4. The van der Waals surface area contributed by atoms with E-state index in [2.05, 4.69) is 43.8 Å². The van der Waals surface area contributed by atoms with E-state index in [1.54, 1.807) is 0 Å². The van der Waals surface area contributed by atoms with Crippen LogP contribution in [0.1, 0.15) is 70.3 Å². The van der Waals surface area contributed by atoms with Gasteiger partial charge in [-0.15, -0.1) is 0 Å². The van der Waals surface area contributed by atoms with E-state index in [0.29, 0.717) is 12.1 Å². The summed E-state index contributed by atoms with van der Waals surface area (Å²) in [5, 5.41) is 8.26. The fourth-order valence-corrected chi connectivity index (χ4v) is 2.34. The lowest BCUT2D eigenvalue weighted by Gasteiger charge is -2.12. The van der Waals surface area contributed by atoms with Gasteiger partial charge in [-0.25, -0.2) is 0 Å². The van der Waals surface area contributed by atoms with Crippen molar-refractivity contribution >= 4 is 0 Å². The molecule has 1 aliphatic carbocycles. The van der Waals surface area contributed by atoms with E-state index in [9.17, 15) is 0 Å². The molecule has 1 fully saturated rings. The molecular formula is C16H29N3O. The van der Waals surface area contributed by atoms with Gasteiger partial charge < -0.3 is 10.1 Å². The minimum Gasteiger partial charge on any atom is -0.379 e. The maximum Gasteiger partial charge on any atom is 0.0659 e. The van der Waals surface area contributed by atoms with Gasteiger partial charge in [0.25, 0.3) is 0 Å². The van der Waals surface area contributed by atoms with Crippen LogP contribution in [0.15, 0.2) is 6.07 Å².